The van der Waals surface area contributed by atoms with Crippen molar-refractivity contribution in [3.8, 4) is 0 Å². The van der Waals surface area contributed by atoms with Crippen LogP contribution in [0.15, 0.2) is 53.0 Å². The first-order valence-corrected chi connectivity index (χ1v) is 8.53. The van der Waals surface area contributed by atoms with E-state index in [0.29, 0.717) is 18.7 Å². The summed E-state index contributed by atoms with van der Waals surface area (Å²) in [7, 11) is 0. The number of benzene rings is 2. The molecule has 1 fully saturated rings. The molecule has 0 saturated carbocycles. The molecule has 1 saturated heterocycles. The highest BCUT2D eigenvalue weighted by molar-refractivity contribution is 9.10. The van der Waals surface area contributed by atoms with Gasteiger partial charge in [-0.2, -0.15) is 0 Å². The molecule has 0 unspecified atom stereocenters. The first-order valence-electron chi connectivity index (χ1n) is 7.74. The summed E-state index contributed by atoms with van der Waals surface area (Å²) in [6, 6.07) is 14.2. The van der Waals surface area contributed by atoms with E-state index in [4.69, 9.17) is 0 Å². The van der Waals surface area contributed by atoms with Gasteiger partial charge in [0.15, 0.2) is 0 Å². The zero-order chi connectivity index (χ0) is 17.1. The van der Waals surface area contributed by atoms with Crippen molar-refractivity contribution < 1.29 is 9.59 Å². The minimum Gasteiger partial charge on any atom is -0.326 e. The molecule has 1 atom stereocenters. The standard InChI is InChI=1S/C18H18BrN3O2/c1-12-2-8-15(9-3-12)22-11-10-16(17(22)23)21-18(24)20-14-6-4-13(19)5-7-14/h2-9,16H,10-11H2,1H3,(H2,20,21,24)/t16-/m1/s1. The normalized spacial score (nSPS) is 17.0. The van der Waals surface area contributed by atoms with Gasteiger partial charge in [0.25, 0.3) is 0 Å². The van der Waals surface area contributed by atoms with E-state index < -0.39 is 6.04 Å². The lowest BCUT2D eigenvalue weighted by Gasteiger charge is -2.17. The van der Waals surface area contributed by atoms with Gasteiger partial charge < -0.3 is 15.5 Å². The number of nitrogens with one attached hydrogen (secondary N) is 2. The lowest BCUT2D eigenvalue weighted by molar-refractivity contribution is -0.118. The van der Waals surface area contributed by atoms with Crippen molar-refractivity contribution in [2.45, 2.75) is 19.4 Å². The Morgan fingerprint density at radius 2 is 1.79 bits per heavy atom. The summed E-state index contributed by atoms with van der Waals surface area (Å²) in [6.45, 7) is 2.61. The van der Waals surface area contributed by atoms with Crippen LogP contribution >= 0.6 is 15.9 Å². The summed E-state index contributed by atoms with van der Waals surface area (Å²) in [5.74, 6) is -0.0789. The van der Waals surface area contributed by atoms with Crippen LogP contribution in [-0.4, -0.2) is 24.5 Å². The molecular formula is C18H18BrN3O2. The van der Waals surface area contributed by atoms with Gasteiger partial charge in [0, 0.05) is 22.4 Å². The predicted octanol–water partition coefficient (Wildman–Crippen LogP) is 3.68. The van der Waals surface area contributed by atoms with Gasteiger partial charge in [-0.1, -0.05) is 33.6 Å². The average molecular weight is 388 g/mol. The Kier molecular flexibility index (Phi) is 4.85. The van der Waals surface area contributed by atoms with Gasteiger partial charge in [-0.05, 0) is 49.7 Å². The number of carbonyl (C=O) groups excluding carboxylic acids is 2. The van der Waals surface area contributed by atoms with E-state index in [-0.39, 0.29) is 11.9 Å². The lowest BCUT2D eigenvalue weighted by Crippen LogP contribution is -2.43. The second-order valence-electron chi connectivity index (χ2n) is 5.77. The Morgan fingerprint density at radius 1 is 1.12 bits per heavy atom. The lowest BCUT2D eigenvalue weighted by atomic mass is 10.2. The third-order valence-electron chi connectivity index (χ3n) is 3.96. The average Bonchev–Trinajstić information content (AvgIpc) is 2.91. The van der Waals surface area contributed by atoms with Crippen LogP contribution in [0.4, 0.5) is 16.2 Å². The second-order valence-corrected chi connectivity index (χ2v) is 6.69. The van der Waals surface area contributed by atoms with Crippen molar-refractivity contribution in [1.82, 2.24) is 5.32 Å². The summed E-state index contributed by atoms with van der Waals surface area (Å²) in [5, 5.41) is 5.49. The number of carbonyl (C=O) groups is 2. The van der Waals surface area contributed by atoms with E-state index >= 15 is 0 Å². The highest BCUT2D eigenvalue weighted by Crippen LogP contribution is 2.22. The largest absolute Gasteiger partial charge is 0.326 e. The minimum atomic E-state index is -0.498. The molecule has 2 aromatic rings. The third kappa shape index (κ3) is 3.76. The fraction of sp³-hybridized carbons (Fsp3) is 0.222. The van der Waals surface area contributed by atoms with Crippen molar-refractivity contribution in [3.63, 3.8) is 0 Å². The van der Waals surface area contributed by atoms with E-state index in [1.54, 1.807) is 17.0 Å². The number of rotatable bonds is 3. The van der Waals surface area contributed by atoms with Gasteiger partial charge in [-0.3, -0.25) is 4.79 Å². The van der Waals surface area contributed by atoms with E-state index in [1.165, 1.54) is 0 Å². The minimum absolute atomic E-state index is 0.0789. The summed E-state index contributed by atoms with van der Waals surface area (Å²) in [4.78, 5) is 26.3. The van der Waals surface area contributed by atoms with E-state index in [9.17, 15) is 9.59 Å². The summed E-state index contributed by atoms with van der Waals surface area (Å²) >= 11 is 3.35. The molecule has 0 aromatic heterocycles. The zero-order valence-electron chi connectivity index (χ0n) is 13.3. The molecule has 24 heavy (non-hydrogen) atoms. The monoisotopic (exact) mass is 387 g/mol. The predicted molar refractivity (Wildman–Crippen MR) is 98.2 cm³/mol. The Bertz CT molecular complexity index is 744. The maximum atomic E-state index is 12.5. The molecule has 0 radical (unpaired) electrons. The quantitative estimate of drug-likeness (QED) is 0.843. The molecule has 124 valence electrons. The van der Waals surface area contributed by atoms with Crippen LogP contribution < -0.4 is 15.5 Å². The number of amides is 3. The van der Waals surface area contributed by atoms with Crippen LogP contribution in [0.25, 0.3) is 0 Å². The molecule has 3 amide bonds. The fourth-order valence-electron chi connectivity index (χ4n) is 2.65. The van der Waals surface area contributed by atoms with Crippen molar-refractivity contribution in [1.29, 1.82) is 0 Å². The summed E-state index contributed by atoms with van der Waals surface area (Å²) in [5.41, 5.74) is 2.69. The van der Waals surface area contributed by atoms with Crippen LogP contribution in [0.5, 0.6) is 0 Å². The smallest absolute Gasteiger partial charge is 0.319 e. The van der Waals surface area contributed by atoms with Gasteiger partial charge in [0.05, 0.1) is 0 Å². The highest BCUT2D eigenvalue weighted by Gasteiger charge is 2.33. The number of anilines is 2. The number of halogens is 1. The molecule has 2 N–H and O–H groups in total. The molecule has 2 aromatic carbocycles. The molecule has 1 aliphatic heterocycles. The van der Waals surface area contributed by atoms with Crippen molar-refractivity contribution in [2.75, 3.05) is 16.8 Å². The maximum absolute atomic E-state index is 12.5. The fourth-order valence-corrected chi connectivity index (χ4v) is 2.92. The number of hydrogen-bond donors (Lipinski definition) is 2. The van der Waals surface area contributed by atoms with Crippen molar-refractivity contribution in [3.05, 3.63) is 58.6 Å². The van der Waals surface area contributed by atoms with Gasteiger partial charge >= 0.3 is 6.03 Å². The van der Waals surface area contributed by atoms with Gasteiger partial charge in [0.1, 0.15) is 6.04 Å². The topological polar surface area (TPSA) is 61.4 Å². The van der Waals surface area contributed by atoms with Crippen molar-refractivity contribution in [2.24, 2.45) is 0 Å². The van der Waals surface area contributed by atoms with Crippen LogP contribution in [-0.2, 0) is 4.79 Å². The Labute approximate surface area is 149 Å². The molecule has 0 bridgehead atoms. The second kappa shape index (κ2) is 7.05. The maximum Gasteiger partial charge on any atom is 0.319 e. The van der Waals surface area contributed by atoms with E-state index in [2.05, 4.69) is 26.6 Å². The molecule has 5 nitrogen and oxygen atoms in total. The van der Waals surface area contributed by atoms with Crippen LogP contribution in [0.1, 0.15) is 12.0 Å². The molecule has 0 aliphatic carbocycles. The highest BCUT2D eigenvalue weighted by atomic mass is 79.9. The summed E-state index contributed by atoms with van der Waals surface area (Å²) in [6.07, 6.45) is 0.598. The molecule has 3 rings (SSSR count). The van der Waals surface area contributed by atoms with Gasteiger partial charge in [0.2, 0.25) is 5.91 Å². The number of nitrogens with zero attached hydrogens (tertiary/aromatic N) is 1. The molecule has 1 heterocycles. The SMILES string of the molecule is Cc1ccc(N2CC[C@@H](NC(=O)Nc3ccc(Br)cc3)C2=O)cc1. The molecule has 0 spiro atoms. The summed E-state index contributed by atoms with van der Waals surface area (Å²) < 4.78 is 0.938. The molecule has 6 heteroatoms. The molecule has 1 aliphatic rings. The van der Waals surface area contributed by atoms with E-state index in [1.807, 2.05) is 43.3 Å². The Hall–Kier alpha value is -2.34. The zero-order valence-corrected chi connectivity index (χ0v) is 14.8. The van der Waals surface area contributed by atoms with Crippen LogP contribution in [0, 0.1) is 6.92 Å². The Balaban J connectivity index is 1.60. The first kappa shape index (κ1) is 16.5. The van der Waals surface area contributed by atoms with Crippen molar-refractivity contribution >= 4 is 39.2 Å². The van der Waals surface area contributed by atoms with Gasteiger partial charge in [-0.15, -0.1) is 0 Å². The Morgan fingerprint density at radius 3 is 2.46 bits per heavy atom. The number of urea groups is 1. The number of aryl methyl sites for hydroxylation is 1. The van der Waals surface area contributed by atoms with Gasteiger partial charge in [-0.25, -0.2) is 4.79 Å². The number of hydrogen-bond acceptors (Lipinski definition) is 2. The van der Waals surface area contributed by atoms with E-state index in [0.717, 1.165) is 15.7 Å². The third-order valence-corrected chi connectivity index (χ3v) is 4.49. The first-order chi connectivity index (χ1) is 11.5. The van der Waals surface area contributed by atoms with Crippen LogP contribution in [0.3, 0.4) is 0 Å². The molecular weight excluding hydrogens is 370 g/mol. The van der Waals surface area contributed by atoms with Crippen LogP contribution in [0.2, 0.25) is 0 Å².